The van der Waals surface area contributed by atoms with Gasteiger partial charge in [0.1, 0.15) is 17.0 Å². The number of aromatic hydroxyl groups is 1. The lowest BCUT2D eigenvalue weighted by Gasteiger charge is -2.09. The van der Waals surface area contributed by atoms with Crippen LogP contribution in [-0.4, -0.2) is 21.2 Å². The van der Waals surface area contributed by atoms with E-state index in [1.165, 1.54) is 30.3 Å². The molecule has 3 aromatic carbocycles. The summed E-state index contributed by atoms with van der Waals surface area (Å²) < 4.78 is 53.0. The van der Waals surface area contributed by atoms with Gasteiger partial charge >= 0.3 is 12.1 Å². The van der Waals surface area contributed by atoms with Crippen LogP contribution < -0.4 is 5.32 Å². The monoisotopic (exact) mass is 502 g/mol. The molecule has 178 valence electrons. The SMILES string of the molecule is O=C(O)c1cc(N=Nc2cc(-c3csc(Nc4cccc(C(F)(F)F)c4)n3)ccc2F)ccc1O. The van der Waals surface area contributed by atoms with Crippen molar-refractivity contribution < 1.29 is 32.6 Å². The van der Waals surface area contributed by atoms with Gasteiger partial charge in [0, 0.05) is 16.6 Å². The molecule has 3 N–H and O–H groups in total. The molecule has 4 rings (SSSR count). The molecule has 0 atom stereocenters. The largest absolute Gasteiger partial charge is 0.507 e. The second-order valence-electron chi connectivity index (χ2n) is 7.11. The van der Waals surface area contributed by atoms with Gasteiger partial charge in [-0.25, -0.2) is 14.2 Å². The number of aromatic nitrogens is 1. The fourth-order valence-corrected chi connectivity index (χ4v) is 3.72. The number of hydrogen-bond donors (Lipinski definition) is 3. The van der Waals surface area contributed by atoms with Crippen LogP contribution in [0, 0.1) is 5.82 Å². The molecule has 4 aromatic rings. The maximum atomic E-state index is 14.3. The number of azo groups is 1. The molecule has 0 spiro atoms. The van der Waals surface area contributed by atoms with Crippen LogP contribution in [0.4, 0.5) is 39.8 Å². The van der Waals surface area contributed by atoms with E-state index in [0.29, 0.717) is 16.4 Å². The van der Waals surface area contributed by atoms with E-state index < -0.39 is 29.3 Å². The van der Waals surface area contributed by atoms with Crippen molar-refractivity contribution in [2.45, 2.75) is 6.18 Å². The molecule has 1 heterocycles. The number of alkyl halides is 3. The Kier molecular flexibility index (Phi) is 6.47. The lowest BCUT2D eigenvalue weighted by Crippen LogP contribution is -2.05. The topological polar surface area (TPSA) is 107 Å². The first-order chi connectivity index (χ1) is 16.6. The average molecular weight is 502 g/mol. The van der Waals surface area contributed by atoms with Gasteiger partial charge in [-0.3, -0.25) is 0 Å². The van der Waals surface area contributed by atoms with E-state index in [1.54, 1.807) is 5.38 Å². The molecule has 0 unspecified atom stereocenters. The molecule has 0 aliphatic carbocycles. The standard InChI is InChI=1S/C23H14F4N4O3S/c24-17-6-4-12(8-18(17)31-30-15-5-7-20(32)16(10-15)21(33)34)19-11-35-22(29-19)28-14-3-1-2-13(9-14)23(25,26)27/h1-11,32H,(H,28,29)(H,33,34). The van der Waals surface area contributed by atoms with Crippen molar-refractivity contribution >= 4 is 39.5 Å². The second kappa shape index (κ2) is 9.50. The van der Waals surface area contributed by atoms with Gasteiger partial charge in [0.15, 0.2) is 10.9 Å². The predicted molar refractivity (Wildman–Crippen MR) is 121 cm³/mol. The molecule has 0 aliphatic rings. The van der Waals surface area contributed by atoms with Gasteiger partial charge in [-0.1, -0.05) is 6.07 Å². The third-order valence-corrected chi connectivity index (χ3v) is 5.43. The van der Waals surface area contributed by atoms with Gasteiger partial charge in [-0.15, -0.1) is 16.5 Å². The van der Waals surface area contributed by atoms with Crippen LogP contribution in [0.2, 0.25) is 0 Å². The number of hydrogen-bond acceptors (Lipinski definition) is 7. The van der Waals surface area contributed by atoms with Crippen LogP contribution in [-0.2, 0) is 6.18 Å². The van der Waals surface area contributed by atoms with Crippen LogP contribution in [0.3, 0.4) is 0 Å². The van der Waals surface area contributed by atoms with Crippen LogP contribution in [0.15, 0.2) is 76.3 Å². The normalized spacial score (nSPS) is 11.7. The molecular weight excluding hydrogens is 488 g/mol. The van der Waals surface area contributed by atoms with Crippen LogP contribution in [0.25, 0.3) is 11.3 Å². The Morgan fingerprint density at radius 2 is 1.83 bits per heavy atom. The third kappa shape index (κ3) is 5.61. The van der Waals surface area contributed by atoms with Crippen molar-refractivity contribution in [2.24, 2.45) is 10.2 Å². The van der Waals surface area contributed by atoms with Gasteiger partial charge < -0.3 is 15.5 Å². The highest BCUT2D eigenvalue weighted by atomic mass is 32.1. The van der Waals surface area contributed by atoms with Crippen molar-refractivity contribution in [1.29, 1.82) is 0 Å². The highest BCUT2D eigenvalue weighted by molar-refractivity contribution is 7.14. The minimum absolute atomic E-state index is 0.0891. The zero-order valence-electron chi connectivity index (χ0n) is 17.4. The minimum Gasteiger partial charge on any atom is -0.507 e. The lowest BCUT2D eigenvalue weighted by molar-refractivity contribution is -0.137. The molecule has 0 saturated heterocycles. The van der Waals surface area contributed by atoms with Gasteiger partial charge in [-0.2, -0.15) is 18.3 Å². The van der Waals surface area contributed by atoms with Crippen LogP contribution >= 0.6 is 11.3 Å². The van der Waals surface area contributed by atoms with Crippen molar-refractivity contribution in [2.75, 3.05) is 5.32 Å². The van der Waals surface area contributed by atoms with Crippen LogP contribution in [0.5, 0.6) is 5.75 Å². The van der Waals surface area contributed by atoms with Crippen molar-refractivity contribution in [3.8, 4) is 17.0 Å². The second-order valence-corrected chi connectivity index (χ2v) is 7.97. The molecule has 0 fully saturated rings. The number of thiazole rings is 1. The molecule has 1 aromatic heterocycles. The molecule has 0 saturated carbocycles. The number of anilines is 2. The molecule has 0 aliphatic heterocycles. The van der Waals surface area contributed by atoms with E-state index in [2.05, 4.69) is 20.5 Å². The summed E-state index contributed by atoms with van der Waals surface area (Å²) in [4.78, 5) is 15.5. The Labute approximate surface area is 199 Å². The van der Waals surface area contributed by atoms with E-state index in [0.717, 1.165) is 41.7 Å². The Morgan fingerprint density at radius 1 is 1.03 bits per heavy atom. The Morgan fingerprint density at radius 3 is 2.57 bits per heavy atom. The Bertz CT molecular complexity index is 1440. The van der Waals surface area contributed by atoms with Gasteiger partial charge in [0.2, 0.25) is 0 Å². The fourth-order valence-electron chi connectivity index (χ4n) is 2.98. The molecule has 0 amide bonds. The Balaban J connectivity index is 1.55. The summed E-state index contributed by atoms with van der Waals surface area (Å²) in [7, 11) is 0. The predicted octanol–water partition coefficient (Wildman–Crippen LogP) is 7.53. The number of nitrogens with one attached hydrogen (secondary N) is 1. The van der Waals surface area contributed by atoms with Gasteiger partial charge in [-0.05, 0) is 54.6 Å². The third-order valence-electron chi connectivity index (χ3n) is 4.67. The fraction of sp³-hybridized carbons (Fsp3) is 0.0435. The highest BCUT2D eigenvalue weighted by Crippen LogP contribution is 2.34. The number of rotatable bonds is 6. The number of nitrogens with zero attached hydrogens (tertiary/aromatic N) is 3. The van der Waals surface area contributed by atoms with E-state index >= 15 is 0 Å². The first kappa shape index (κ1) is 23.8. The number of halogens is 4. The first-order valence-electron chi connectivity index (χ1n) is 9.78. The highest BCUT2D eigenvalue weighted by Gasteiger charge is 2.30. The maximum absolute atomic E-state index is 14.3. The quantitative estimate of drug-likeness (QED) is 0.187. The van der Waals surface area contributed by atoms with Crippen molar-refractivity contribution in [3.05, 3.63) is 83.0 Å². The molecule has 0 bridgehead atoms. The molecular formula is C23H14F4N4O3S. The summed E-state index contributed by atoms with van der Waals surface area (Å²) in [5.74, 6) is -2.49. The molecule has 35 heavy (non-hydrogen) atoms. The Hall–Kier alpha value is -4.32. The minimum atomic E-state index is -4.47. The zero-order valence-corrected chi connectivity index (χ0v) is 18.2. The summed E-state index contributed by atoms with van der Waals surface area (Å²) in [5, 5.41) is 31.1. The molecule has 12 heteroatoms. The summed E-state index contributed by atoms with van der Waals surface area (Å²) in [6.45, 7) is 0. The van der Waals surface area contributed by atoms with Gasteiger partial charge in [0.25, 0.3) is 0 Å². The van der Waals surface area contributed by atoms with Gasteiger partial charge in [0.05, 0.1) is 16.9 Å². The van der Waals surface area contributed by atoms with E-state index in [4.69, 9.17) is 5.11 Å². The van der Waals surface area contributed by atoms with E-state index in [1.807, 2.05) is 0 Å². The summed E-state index contributed by atoms with van der Waals surface area (Å²) >= 11 is 1.15. The number of carboxylic acid groups (broad SMARTS) is 1. The summed E-state index contributed by atoms with van der Waals surface area (Å²) in [6.07, 6.45) is -4.47. The number of benzene rings is 3. The van der Waals surface area contributed by atoms with Crippen molar-refractivity contribution in [3.63, 3.8) is 0 Å². The number of carboxylic acids is 1. The summed E-state index contributed by atoms with van der Waals surface area (Å²) in [6, 6.07) is 12.2. The van der Waals surface area contributed by atoms with Crippen molar-refractivity contribution in [1.82, 2.24) is 4.98 Å². The maximum Gasteiger partial charge on any atom is 0.416 e. The first-order valence-corrected chi connectivity index (χ1v) is 10.7. The zero-order chi connectivity index (χ0) is 25.2. The van der Waals surface area contributed by atoms with E-state index in [9.17, 15) is 27.5 Å². The lowest BCUT2D eigenvalue weighted by atomic mass is 10.1. The smallest absolute Gasteiger partial charge is 0.416 e. The van der Waals surface area contributed by atoms with Crippen LogP contribution in [0.1, 0.15) is 15.9 Å². The van der Waals surface area contributed by atoms with E-state index in [-0.39, 0.29) is 22.6 Å². The average Bonchev–Trinajstić information content (AvgIpc) is 3.27. The molecule has 7 nitrogen and oxygen atoms in total. The molecule has 0 radical (unpaired) electrons. The number of carbonyl (C=O) groups is 1. The summed E-state index contributed by atoms with van der Waals surface area (Å²) in [5.41, 5.74) is -0.108. The number of phenols is 1. The number of aromatic carboxylic acids is 1.